The highest BCUT2D eigenvalue weighted by Gasteiger charge is 2.23. The van der Waals surface area contributed by atoms with Gasteiger partial charge in [0.05, 0.1) is 0 Å². The molecular formula is C13H19Cl. The van der Waals surface area contributed by atoms with Gasteiger partial charge in [0.15, 0.2) is 0 Å². The first-order valence-electron chi connectivity index (χ1n) is 5.12. The van der Waals surface area contributed by atoms with Gasteiger partial charge in [-0.05, 0) is 43.3 Å². The summed E-state index contributed by atoms with van der Waals surface area (Å²) < 4.78 is 0. The molecule has 0 saturated carbocycles. The van der Waals surface area contributed by atoms with Gasteiger partial charge in [-0.15, -0.1) is 0 Å². The summed E-state index contributed by atoms with van der Waals surface area (Å²) in [5.41, 5.74) is 3.40. The molecule has 1 rings (SSSR count). The lowest BCUT2D eigenvalue weighted by Gasteiger charge is -2.31. The zero-order chi connectivity index (χ0) is 10.8. The Hall–Kier alpha value is -0.490. The summed E-state index contributed by atoms with van der Waals surface area (Å²) in [6.45, 7) is 10.5. The van der Waals surface area contributed by atoms with Crippen molar-refractivity contribution in [1.82, 2.24) is 0 Å². The second-order valence-electron chi connectivity index (χ2n) is 4.93. The van der Waals surface area contributed by atoms with Crippen molar-refractivity contribution in [2.45, 2.75) is 40.0 Å². The largest absolute Gasteiger partial charge is 0.0850 e. The van der Waals surface area contributed by atoms with Crippen molar-refractivity contribution >= 4 is 11.6 Å². The number of rotatable bonds is 2. The van der Waals surface area contributed by atoms with E-state index < -0.39 is 0 Å². The molecule has 0 unspecified atom stereocenters. The first kappa shape index (κ1) is 11.6. The monoisotopic (exact) mass is 210 g/mol. The second kappa shape index (κ2) is 4.35. The molecular weight excluding hydrogens is 192 g/mol. The average molecular weight is 211 g/mol. The molecule has 0 N–H and O–H groups in total. The quantitative estimate of drug-likeness (QED) is 0.574. The molecule has 0 bridgehead atoms. The van der Waals surface area contributed by atoms with E-state index in [-0.39, 0.29) is 0 Å². The number of halogens is 1. The molecule has 78 valence electrons. The van der Waals surface area contributed by atoms with Crippen LogP contribution in [0.2, 0.25) is 0 Å². The molecule has 1 aliphatic carbocycles. The molecule has 0 heterocycles. The van der Waals surface area contributed by atoms with E-state index in [2.05, 4.69) is 33.4 Å². The zero-order valence-electron chi connectivity index (χ0n) is 9.36. The maximum atomic E-state index is 5.70. The summed E-state index contributed by atoms with van der Waals surface area (Å²) in [7, 11) is 0. The highest BCUT2D eigenvalue weighted by atomic mass is 35.5. The van der Waals surface area contributed by atoms with Crippen LogP contribution < -0.4 is 0 Å². The molecule has 0 nitrogen and oxygen atoms in total. The minimum absolute atomic E-state index is 0.472. The van der Waals surface area contributed by atoms with Crippen LogP contribution in [-0.2, 0) is 0 Å². The van der Waals surface area contributed by atoms with E-state index in [1.54, 1.807) is 0 Å². The van der Waals surface area contributed by atoms with E-state index in [1.165, 1.54) is 30.4 Å². The minimum atomic E-state index is 0.472. The van der Waals surface area contributed by atoms with Gasteiger partial charge in [0.25, 0.3) is 0 Å². The molecule has 0 saturated heterocycles. The molecule has 0 aliphatic heterocycles. The van der Waals surface area contributed by atoms with E-state index >= 15 is 0 Å². The SMILES string of the molecule is C=C(Cl)/C=C\C1=C(C)CC(C)(C)CC1. The van der Waals surface area contributed by atoms with Crippen molar-refractivity contribution < 1.29 is 0 Å². The molecule has 1 heteroatoms. The van der Waals surface area contributed by atoms with Gasteiger partial charge in [0.1, 0.15) is 0 Å². The van der Waals surface area contributed by atoms with Crippen LogP contribution in [0.25, 0.3) is 0 Å². The summed E-state index contributed by atoms with van der Waals surface area (Å²) in [4.78, 5) is 0. The van der Waals surface area contributed by atoms with Crippen LogP contribution in [0.3, 0.4) is 0 Å². The van der Waals surface area contributed by atoms with Crippen molar-refractivity contribution in [2.75, 3.05) is 0 Å². The van der Waals surface area contributed by atoms with E-state index in [4.69, 9.17) is 11.6 Å². The van der Waals surface area contributed by atoms with Gasteiger partial charge < -0.3 is 0 Å². The Labute approximate surface area is 92.3 Å². The third kappa shape index (κ3) is 3.34. The van der Waals surface area contributed by atoms with Crippen molar-refractivity contribution in [3.8, 4) is 0 Å². The Balaban J connectivity index is 2.76. The second-order valence-corrected chi connectivity index (χ2v) is 5.41. The summed E-state index contributed by atoms with van der Waals surface area (Å²) in [6.07, 6.45) is 7.62. The Morgan fingerprint density at radius 2 is 2.14 bits per heavy atom. The van der Waals surface area contributed by atoms with Gasteiger partial charge in [-0.3, -0.25) is 0 Å². The van der Waals surface area contributed by atoms with Gasteiger partial charge in [0, 0.05) is 5.03 Å². The predicted molar refractivity (Wildman–Crippen MR) is 64.5 cm³/mol. The normalized spacial score (nSPS) is 21.7. The summed E-state index contributed by atoms with van der Waals surface area (Å²) in [5, 5.41) is 0.607. The number of hydrogen-bond donors (Lipinski definition) is 0. The summed E-state index contributed by atoms with van der Waals surface area (Å²) in [6, 6.07) is 0. The first-order chi connectivity index (χ1) is 6.41. The summed E-state index contributed by atoms with van der Waals surface area (Å²) >= 11 is 5.70. The maximum Gasteiger partial charge on any atom is 0.0334 e. The topological polar surface area (TPSA) is 0 Å². The van der Waals surface area contributed by atoms with E-state index in [1.807, 2.05) is 6.08 Å². The van der Waals surface area contributed by atoms with Gasteiger partial charge >= 0.3 is 0 Å². The highest BCUT2D eigenvalue weighted by molar-refractivity contribution is 6.30. The van der Waals surface area contributed by atoms with Crippen LogP contribution in [0.5, 0.6) is 0 Å². The fourth-order valence-electron chi connectivity index (χ4n) is 2.02. The van der Waals surface area contributed by atoms with Crippen LogP contribution in [0.1, 0.15) is 40.0 Å². The van der Waals surface area contributed by atoms with Crippen LogP contribution >= 0.6 is 11.6 Å². The number of hydrogen-bond acceptors (Lipinski definition) is 0. The Morgan fingerprint density at radius 3 is 2.64 bits per heavy atom. The lowest BCUT2D eigenvalue weighted by molar-refractivity contribution is 0.316. The molecule has 0 aromatic carbocycles. The molecule has 0 aromatic rings. The van der Waals surface area contributed by atoms with Crippen molar-refractivity contribution in [1.29, 1.82) is 0 Å². The van der Waals surface area contributed by atoms with Crippen LogP contribution in [0, 0.1) is 5.41 Å². The number of allylic oxidation sites excluding steroid dienone is 5. The third-order valence-corrected chi connectivity index (χ3v) is 2.95. The van der Waals surface area contributed by atoms with E-state index in [9.17, 15) is 0 Å². The molecule has 0 amide bonds. The Morgan fingerprint density at radius 1 is 1.50 bits per heavy atom. The van der Waals surface area contributed by atoms with Crippen LogP contribution in [0.15, 0.2) is 34.9 Å². The van der Waals surface area contributed by atoms with Crippen LogP contribution in [-0.4, -0.2) is 0 Å². The summed E-state index contributed by atoms with van der Waals surface area (Å²) in [5.74, 6) is 0. The van der Waals surface area contributed by atoms with E-state index in [0.29, 0.717) is 10.4 Å². The van der Waals surface area contributed by atoms with Gasteiger partial charge in [-0.2, -0.15) is 0 Å². The molecule has 0 aromatic heterocycles. The molecule has 0 fully saturated rings. The van der Waals surface area contributed by atoms with Crippen LogP contribution in [0.4, 0.5) is 0 Å². The standard InChI is InChI=1S/C13H19Cl/c1-10-9-13(3,4)8-7-12(10)6-5-11(2)14/h5-6H,2,7-9H2,1,3-4H3/b6-5-. The van der Waals surface area contributed by atoms with Crippen molar-refractivity contribution in [2.24, 2.45) is 5.41 Å². The van der Waals surface area contributed by atoms with Gasteiger partial charge in [-0.1, -0.05) is 43.7 Å². The maximum absolute atomic E-state index is 5.70. The Bertz CT molecular complexity index is 292. The smallest absolute Gasteiger partial charge is 0.0334 e. The lowest BCUT2D eigenvalue weighted by atomic mass is 9.75. The highest BCUT2D eigenvalue weighted by Crippen LogP contribution is 2.38. The van der Waals surface area contributed by atoms with Crippen molar-refractivity contribution in [3.63, 3.8) is 0 Å². The predicted octanol–water partition coefficient (Wildman–Crippen LogP) is 4.82. The molecule has 0 atom stereocenters. The lowest BCUT2D eigenvalue weighted by Crippen LogP contribution is -2.16. The van der Waals surface area contributed by atoms with Gasteiger partial charge in [0.2, 0.25) is 0 Å². The average Bonchev–Trinajstić information content (AvgIpc) is 2.00. The molecule has 0 spiro atoms. The molecule has 14 heavy (non-hydrogen) atoms. The van der Waals surface area contributed by atoms with Gasteiger partial charge in [-0.25, -0.2) is 0 Å². The molecule has 0 radical (unpaired) electrons. The fraction of sp³-hybridized carbons (Fsp3) is 0.538. The minimum Gasteiger partial charge on any atom is -0.0850 e. The first-order valence-corrected chi connectivity index (χ1v) is 5.50. The fourth-order valence-corrected chi connectivity index (χ4v) is 2.09. The van der Waals surface area contributed by atoms with E-state index in [0.717, 1.165) is 0 Å². The zero-order valence-corrected chi connectivity index (χ0v) is 10.1. The molecule has 1 aliphatic rings. The van der Waals surface area contributed by atoms with Crippen molar-refractivity contribution in [3.05, 3.63) is 34.9 Å². The Kier molecular flexibility index (Phi) is 3.60. The third-order valence-electron chi connectivity index (χ3n) is 2.83.